The zero-order valence-corrected chi connectivity index (χ0v) is 42.8. The number of thiophene rings is 2. The van der Waals surface area contributed by atoms with E-state index >= 15 is 0 Å². The SMILES string of the molecule is C=C/C=C(\C=C)c1ccc2c(c1)C(C)(C)CC1=C(/C=C\C2=C)c2ccc(-c3cc4sc(-c5ccc6c(c5)C(C)(C)c5c-6ccc6c5C(C)(C)c5cc(-c7ccccc7)ccc5-6)cc4s3)cc2C1(C)C. The van der Waals surface area contributed by atoms with Crippen LogP contribution < -0.4 is 0 Å². The molecule has 0 fully saturated rings. The summed E-state index contributed by atoms with van der Waals surface area (Å²) in [4.78, 5) is 2.66. The quantitative estimate of drug-likeness (QED) is 0.146. The molecule has 0 unspecified atom stereocenters. The molecule has 0 saturated heterocycles. The molecule has 338 valence electrons. The summed E-state index contributed by atoms with van der Waals surface area (Å²) >= 11 is 3.85. The lowest BCUT2D eigenvalue weighted by Crippen LogP contribution is -2.26. The predicted octanol–water partition coefficient (Wildman–Crippen LogP) is 19.3. The monoisotopic (exact) mass is 926 g/mol. The van der Waals surface area contributed by atoms with E-state index in [1.165, 1.54) is 119 Å². The Labute approximate surface area is 417 Å². The summed E-state index contributed by atoms with van der Waals surface area (Å²) in [5.74, 6) is 0. The van der Waals surface area contributed by atoms with Crippen molar-refractivity contribution in [2.45, 2.75) is 83.5 Å². The fourth-order valence-electron chi connectivity index (χ4n) is 12.7. The topological polar surface area (TPSA) is 0 Å². The van der Waals surface area contributed by atoms with Crippen molar-refractivity contribution in [1.82, 2.24) is 0 Å². The molecular weight excluding hydrogens is 869 g/mol. The lowest BCUT2D eigenvalue weighted by Gasteiger charge is -2.34. The molecule has 0 atom stereocenters. The van der Waals surface area contributed by atoms with Crippen LogP contribution in [0, 0.1) is 0 Å². The van der Waals surface area contributed by atoms with Crippen molar-refractivity contribution < 1.29 is 0 Å². The van der Waals surface area contributed by atoms with Gasteiger partial charge in [0.15, 0.2) is 0 Å². The number of fused-ring (bicyclic) bond motifs is 11. The lowest BCUT2D eigenvalue weighted by molar-refractivity contribution is 0.474. The molecule has 12 rings (SSSR count). The van der Waals surface area contributed by atoms with E-state index in [0.717, 1.165) is 23.1 Å². The molecular formula is C67H58S2. The highest BCUT2D eigenvalue weighted by Crippen LogP contribution is 2.60. The van der Waals surface area contributed by atoms with Gasteiger partial charge in [-0.3, -0.25) is 0 Å². The van der Waals surface area contributed by atoms with E-state index in [0.29, 0.717) is 0 Å². The van der Waals surface area contributed by atoms with E-state index in [-0.39, 0.29) is 21.7 Å². The van der Waals surface area contributed by atoms with Crippen molar-refractivity contribution in [3.63, 3.8) is 0 Å². The Hall–Kier alpha value is -6.58. The molecule has 0 radical (unpaired) electrons. The minimum Gasteiger partial charge on any atom is -0.134 e. The summed E-state index contributed by atoms with van der Waals surface area (Å²) in [7, 11) is 0. The van der Waals surface area contributed by atoms with E-state index in [1.54, 1.807) is 0 Å². The highest BCUT2D eigenvalue weighted by molar-refractivity contribution is 7.31. The van der Waals surface area contributed by atoms with E-state index in [2.05, 4.69) is 215 Å². The Morgan fingerprint density at radius 3 is 1.59 bits per heavy atom. The third-order valence-corrected chi connectivity index (χ3v) is 18.8. The molecule has 6 aromatic carbocycles. The molecule has 4 aliphatic rings. The molecule has 4 aliphatic carbocycles. The van der Waals surface area contributed by atoms with Crippen molar-refractivity contribution in [3.05, 3.63) is 233 Å². The smallest absolute Gasteiger partial charge is 0.0463 e. The fourth-order valence-corrected chi connectivity index (χ4v) is 15.1. The largest absolute Gasteiger partial charge is 0.134 e. The summed E-state index contributed by atoms with van der Waals surface area (Å²) < 4.78 is 2.70. The molecule has 0 saturated carbocycles. The van der Waals surface area contributed by atoms with Crippen LogP contribution in [-0.2, 0) is 21.7 Å². The summed E-state index contributed by atoms with van der Waals surface area (Å²) in [5, 5.41) is 0. The molecule has 0 aliphatic heterocycles. The second-order valence-corrected chi connectivity index (χ2v) is 24.2. The molecule has 0 N–H and O–H groups in total. The van der Waals surface area contributed by atoms with Crippen LogP contribution in [0.4, 0.5) is 0 Å². The van der Waals surface area contributed by atoms with Gasteiger partial charge in [-0.25, -0.2) is 0 Å². The van der Waals surface area contributed by atoms with Crippen LogP contribution in [0.25, 0.3) is 80.4 Å². The van der Waals surface area contributed by atoms with Crippen molar-refractivity contribution in [3.8, 4) is 54.3 Å². The van der Waals surface area contributed by atoms with Crippen LogP contribution in [0.1, 0.15) is 112 Å². The van der Waals surface area contributed by atoms with Crippen molar-refractivity contribution in [2.75, 3.05) is 0 Å². The minimum absolute atomic E-state index is 0.123. The number of benzene rings is 6. The highest BCUT2D eigenvalue weighted by atomic mass is 32.1. The molecule has 0 spiro atoms. The Bertz CT molecular complexity index is 3640. The van der Waals surface area contributed by atoms with Gasteiger partial charge in [0.1, 0.15) is 0 Å². The predicted molar refractivity (Wildman–Crippen MR) is 302 cm³/mol. The standard InChI is InChI=1S/C67H58S2/c1-12-17-40(13-2)42-21-26-46-39(3)20-25-48-47-28-23-44(34-54(47)65(6,7)57(48)38-64(4,5)53(46)32-42)58-36-60-61(68-58)37-59(69-60)45-24-29-50-52-31-30-51-49-27-22-43(41-18-15-14-16-19-41)33-55(49)66(8,9)62(51)63(52)67(10,11)56(50)35-45/h12-37H,1-3,38H2,4-11H3/b25-20-,40-17+. The Kier molecular flexibility index (Phi) is 9.63. The normalized spacial score (nSPS) is 18.0. The number of rotatable bonds is 6. The van der Waals surface area contributed by atoms with Crippen LogP contribution in [-0.4, -0.2) is 0 Å². The third-order valence-electron chi connectivity index (χ3n) is 16.4. The van der Waals surface area contributed by atoms with Gasteiger partial charge in [0.2, 0.25) is 0 Å². The fraction of sp³-hybridized carbons (Fsp3) is 0.194. The van der Waals surface area contributed by atoms with Gasteiger partial charge in [-0.2, -0.15) is 0 Å². The van der Waals surface area contributed by atoms with Crippen LogP contribution in [0.2, 0.25) is 0 Å². The average Bonchev–Trinajstić information content (AvgIpc) is 4.10. The number of hydrogen-bond donors (Lipinski definition) is 0. The van der Waals surface area contributed by atoms with Crippen LogP contribution >= 0.6 is 22.7 Å². The first-order valence-corrected chi connectivity index (χ1v) is 26.1. The molecule has 0 bridgehead atoms. The molecule has 2 heterocycles. The van der Waals surface area contributed by atoms with Crippen molar-refractivity contribution in [1.29, 1.82) is 0 Å². The maximum Gasteiger partial charge on any atom is 0.0463 e. The first-order valence-electron chi connectivity index (χ1n) is 24.4. The van der Waals surface area contributed by atoms with Gasteiger partial charge in [0.25, 0.3) is 0 Å². The summed E-state index contributed by atoms with van der Waals surface area (Å²) in [5.41, 5.74) is 27.3. The van der Waals surface area contributed by atoms with Gasteiger partial charge in [0, 0.05) is 35.4 Å². The zero-order chi connectivity index (χ0) is 47.9. The number of allylic oxidation sites excluding steroid dienone is 9. The molecule has 2 heteroatoms. The second kappa shape index (κ2) is 15.2. The summed E-state index contributed by atoms with van der Waals surface area (Å²) in [6.45, 7) is 32.1. The lowest BCUT2D eigenvalue weighted by atomic mass is 9.69. The van der Waals surface area contributed by atoms with Crippen LogP contribution in [0.3, 0.4) is 0 Å². The second-order valence-electron chi connectivity index (χ2n) is 22.0. The maximum absolute atomic E-state index is 4.60. The van der Waals surface area contributed by atoms with Crippen molar-refractivity contribution in [2.24, 2.45) is 0 Å². The molecule has 69 heavy (non-hydrogen) atoms. The van der Waals surface area contributed by atoms with E-state index in [9.17, 15) is 0 Å². The first-order chi connectivity index (χ1) is 33.0. The van der Waals surface area contributed by atoms with Gasteiger partial charge in [-0.05, 0) is 160 Å². The third kappa shape index (κ3) is 6.45. The van der Waals surface area contributed by atoms with E-state index < -0.39 is 0 Å². The van der Waals surface area contributed by atoms with Gasteiger partial charge in [0.05, 0.1) is 0 Å². The van der Waals surface area contributed by atoms with Gasteiger partial charge < -0.3 is 0 Å². The molecule has 0 amide bonds. The van der Waals surface area contributed by atoms with Gasteiger partial charge in [-0.15, -0.1) is 22.7 Å². The Morgan fingerprint density at radius 2 is 1.01 bits per heavy atom. The molecule has 2 aromatic heterocycles. The first kappa shape index (κ1) is 43.7. The molecule has 0 nitrogen and oxygen atoms in total. The maximum atomic E-state index is 4.60. The Balaban J connectivity index is 0.844. The molecule has 8 aromatic rings. The zero-order valence-electron chi connectivity index (χ0n) is 41.2. The van der Waals surface area contributed by atoms with Gasteiger partial charge >= 0.3 is 0 Å². The summed E-state index contributed by atoms with van der Waals surface area (Å²) in [6, 6.07) is 48.9. The Morgan fingerprint density at radius 1 is 0.493 bits per heavy atom. The van der Waals surface area contributed by atoms with E-state index in [4.69, 9.17) is 0 Å². The van der Waals surface area contributed by atoms with Gasteiger partial charge in [-0.1, -0.05) is 202 Å². The highest BCUT2D eigenvalue weighted by Gasteiger charge is 2.46. The van der Waals surface area contributed by atoms with E-state index in [1.807, 2.05) is 40.9 Å². The van der Waals surface area contributed by atoms with Crippen LogP contribution in [0.15, 0.2) is 183 Å². The minimum atomic E-state index is -0.145. The summed E-state index contributed by atoms with van der Waals surface area (Å²) in [6.07, 6.45) is 11.3. The van der Waals surface area contributed by atoms with Crippen molar-refractivity contribution >= 4 is 48.8 Å². The van der Waals surface area contributed by atoms with Crippen LogP contribution in [0.5, 0.6) is 0 Å². The average molecular weight is 927 g/mol. The number of hydrogen-bond acceptors (Lipinski definition) is 2.